The van der Waals surface area contributed by atoms with E-state index in [1.165, 1.54) is 0 Å². The molecule has 72 valence electrons. The molecule has 0 spiro atoms. The van der Waals surface area contributed by atoms with Gasteiger partial charge in [0.15, 0.2) is 0 Å². The Morgan fingerprint density at radius 1 is 1.57 bits per heavy atom. The molecular weight excluding hydrogens is 200 g/mol. The first-order valence-corrected chi connectivity index (χ1v) is 4.45. The molecule has 0 saturated carbocycles. The summed E-state index contributed by atoms with van der Waals surface area (Å²) in [5.41, 5.74) is 1.66. The highest BCUT2D eigenvalue weighted by Crippen LogP contribution is 2.17. The maximum absolute atomic E-state index is 10.2. The van der Waals surface area contributed by atoms with E-state index in [0.717, 1.165) is 5.56 Å². The van der Waals surface area contributed by atoms with Crippen LogP contribution in [0.5, 0.6) is 0 Å². The van der Waals surface area contributed by atoms with Crippen molar-refractivity contribution in [3.63, 3.8) is 0 Å². The molecule has 1 N–H and O–H groups in total. The molecule has 0 aliphatic carbocycles. The van der Waals surface area contributed by atoms with E-state index in [1.54, 1.807) is 6.07 Å². The van der Waals surface area contributed by atoms with Crippen molar-refractivity contribution >= 4 is 17.6 Å². The van der Waals surface area contributed by atoms with Crippen LogP contribution < -0.4 is 0 Å². The molecule has 0 atom stereocenters. The lowest BCUT2D eigenvalue weighted by atomic mass is 10.1. The van der Waals surface area contributed by atoms with Crippen LogP contribution in [0.15, 0.2) is 18.2 Å². The van der Waals surface area contributed by atoms with Crippen molar-refractivity contribution in [1.29, 1.82) is 0 Å². The van der Waals surface area contributed by atoms with Gasteiger partial charge in [-0.3, -0.25) is 4.79 Å². The predicted molar refractivity (Wildman–Crippen MR) is 55.3 cm³/mol. The van der Waals surface area contributed by atoms with Crippen molar-refractivity contribution in [1.82, 2.24) is 0 Å². The van der Waals surface area contributed by atoms with Gasteiger partial charge in [-0.25, -0.2) is 0 Å². The lowest BCUT2D eigenvalue weighted by molar-refractivity contribution is -0.135. The van der Waals surface area contributed by atoms with Gasteiger partial charge in [-0.05, 0) is 18.6 Å². The minimum absolute atomic E-state index is 0.162. The molecule has 0 aromatic heterocycles. The average molecular weight is 209 g/mol. The Labute approximate surface area is 87.5 Å². The van der Waals surface area contributed by atoms with Crippen molar-refractivity contribution in [2.75, 3.05) is 0 Å². The Bertz CT molecular complexity index is 393. The largest absolute Gasteiger partial charge is 0.481 e. The quantitative estimate of drug-likeness (QED) is 0.720. The number of halogens is 1. The highest BCUT2D eigenvalue weighted by Gasteiger charge is 1.99. The van der Waals surface area contributed by atoms with E-state index in [9.17, 15) is 4.79 Å². The molecule has 0 aliphatic rings. The average Bonchev–Trinajstić information content (AvgIpc) is 2.09. The summed E-state index contributed by atoms with van der Waals surface area (Å²) in [6.45, 7) is 1.89. The smallest absolute Gasteiger partial charge is 0.315 e. The number of carboxylic acids is 1. The fourth-order valence-corrected chi connectivity index (χ4v) is 1.27. The Balaban J connectivity index is 2.94. The fraction of sp³-hybridized carbons (Fsp3) is 0.182. The van der Waals surface area contributed by atoms with Crippen LogP contribution in [0, 0.1) is 18.8 Å². The third-order valence-electron chi connectivity index (χ3n) is 1.67. The molecule has 0 heterocycles. The van der Waals surface area contributed by atoms with Gasteiger partial charge >= 0.3 is 5.97 Å². The summed E-state index contributed by atoms with van der Waals surface area (Å²) in [5.74, 6) is 4.37. The first-order valence-electron chi connectivity index (χ1n) is 4.07. The van der Waals surface area contributed by atoms with Crippen molar-refractivity contribution < 1.29 is 9.90 Å². The molecule has 0 bridgehead atoms. The first kappa shape index (κ1) is 10.6. The van der Waals surface area contributed by atoms with Gasteiger partial charge in [0.25, 0.3) is 0 Å². The van der Waals surface area contributed by atoms with Gasteiger partial charge in [0.1, 0.15) is 6.42 Å². The summed E-state index contributed by atoms with van der Waals surface area (Å²) in [7, 11) is 0. The van der Waals surface area contributed by atoms with E-state index < -0.39 is 5.97 Å². The number of aryl methyl sites for hydroxylation is 1. The Morgan fingerprint density at radius 3 is 2.86 bits per heavy atom. The molecule has 0 saturated heterocycles. The highest BCUT2D eigenvalue weighted by atomic mass is 35.5. The van der Waals surface area contributed by atoms with Gasteiger partial charge in [-0.2, -0.15) is 0 Å². The van der Waals surface area contributed by atoms with Crippen molar-refractivity contribution in [3.8, 4) is 11.8 Å². The van der Waals surface area contributed by atoms with Crippen LogP contribution in [-0.2, 0) is 4.79 Å². The monoisotopic (exact) mass is 208 g/mol. The second-order valence-corrected chi connectivity index (χ2v) is 3.21. The van der Waals surface area contributed by atoms with Crippen molar-refractivity contribution in [2.45, 2.75) is 13.3 Å². The molecule has 0 aliphatic heterocycles. The highest BCUT2D eigenvalue weighted by molar-refractivity contribution is 6.31. The molecule has 0 amide bonds. The van der Waals surface area contributed by atoms with Gasteiger partial charge in [0, 0.05) is 5.56 Å². The molecule has 0 radical (unpaired) electrons. The molecular formula is C11H9ClO2. The maximum atomic E-state index is 10.2. The van der Waals surface area contributed by atoms with Gasteiger partial charge in [0.2, 0.25) is 0 Å². The lowest BCUT2D eigenvalue weighted by Gasteiger charge is -1.98. The number of aliphatic carboxylic acids is 1. The second-order valence-electron chi connectivity index (χ2n) is 2.80. The molecule has 14 heavy (non-hydrogen) atoms. The van der Waals surface area contributed by atoms with Crippen LogP contribution in [0.1, 0.15) is 17.5 Å². The van der Waals surface area contributed by atoms with E-state index in [1.807, 2.05) is 19.1 Å². The van der Waals surface area contributed by atoms with Gasteiger partial charge in [-0.15, -0.1) is 0 Å². The minimum Gasteiger partial charge on any atom is -0.481 e. The van der Waals surface area contributed by atoms with Crippen LogP contribution in [0.25, 0.3) is 0 Å². The van der Waals surface area contributed by atoms with Crippen LogP contribution in [0.3, 0.4) is 0 Å². The molecule has 0 unspecified atom stereocenters. The third-order valence-corrected chi connectivity index (χ3v) is 1.99. The predicted octanol–water partition coefficient (Wildman–Crippen LogP) is 2.47. The van der Waals surface area contributed by atoms with Gasteiger partial charge < -0.3 is 5.11 Å². The Hall–Kier alpha value is -1.46. The van der Waals surface area contributed by atoms with Crippen LogP contribution in [0.2, 0.25) is 5.02 Å². The number of carbonyl (C=O) groups is 1. The number of hydrogen-bond acceptors (Lipinski definition) is 1. The molecule has 1 aromatic carbocycles. The van der Waals surface area contributed by atoms with Crippen LogP contribution in [0.4, 0.5) is 0 Å². The molecule has 1 rings (SSSR count). The standard InChI is InChI=1S/C11H9ClO2/c1-8-4-2-6-10(12)9(8)5-3-7-11(13)14/h2,4,6H,7H2,1H3,(H,13,14). The zero-order valence-electron chi connectivity index (χ0n) is 7.67. The zero-order valence-corrected chi connectivity index (χ0v) is 8.43. The van der Waals surface area contributed by atoms with Gasteiger partial charge in [-0.1, -0.05) is 35.6 Å². The molecule has 0 fully saturated rings. The van der Waals surface area contributed by atoms with E-state index in [4.69, 9.17) is 16.7 Å². The summed E-state index contributed by atoms with van der Waals surface area (Å²) in [6, 6.07) is 5.45. The second kappa shape index (κ2) is 4.69. The van der Waals surface area contributed by atoms with E-state index in [-0.39, 0.29) is 6.42 Å². The lowest BCUT2D eigenvalue weighted by Crippen LogP contribution is -1.91. The number of rotatable bonds is 1. The zero-order chi connectivity index (χ0) is 10.6. The molecule has 1 aromatic rings. The normalized spacial score (nSPS) is 9.00. The summed E-state index contributed by atoms with van der Waals surface area (Å²) in [4.78, 5) is 10.2. The summed E-state index contributed by atoms with van der Waals surface area (Å²) in [5, 5.41) is 8.95. The minimum atomic E-state index is -0.929. The van der Waals surface area contributed by atoms with Crippen LogP contribution >= 0.6 is 11.6 Å². The SMILES string of the molecule is Cc1cccc(Cl)c1C#CCC(=O)O. The summed E-state index contributed by atoms with van der Waals surface area (Å²) >= 11 is 5.89. The van der Waals surface area contributed by atoms with E-state index >= 15 is 0 Å². The number of carboxylic acid groups (broad SMARTS) is 1. The Kier molecular flexibility index (Phi) is 3.55. The maximum Gasteiger partial charge on any atom is 0.315 e. The molecule has 3 heteroatoms. The van der Waals surface area contributed by atoms with E-state index in [2.05, 4.69) is 11.8 Å². The summed E-state index contributed by atoms with van der Waals surface area (Å²) in [6.07, 6.45) is -0.162. The first-order chi connectivity index (χ1) is 6.61. The summed E-state index contributed by atoms with van der Waals surface area (Å²) < 4.78 is 0. The topological polar surface area (TPSA) is 37.3 Å². The van der Waals surface area contributed by atoms with Crippen molar-refractivity contribution in [2.24, 2.45) is 0 Å². The third kappa shape index (κ3) is 2.79. The number of benzene rings is 1. The van der Waals surface area contributed by atoms with Gasteiger partial charge in [0.05, 0.1) is 5.02 Å². The molecule has 2 nitrogen and oxygen atoms in total. The van der Waals surface area contributed by atoms with E-state index in [0.29, 0.717) is 10.6 Å². The fourth-order valence-electron chi connectivity index (χ4n) is 0.998. The number of hydrogen-bond donors (Lipinski definition) is 1. The van der Waals surface area contributed by atoms with Crippen molar-refractivity contribution in [3.05, 3.63) is 34.3 Å². The van der Waals surface area contributed by atoms with Crippen LogP contribution in [-0.4, -0.2) is 11.1 Å². The Morgan fingerprint density at radius 2 is 2.29 bits per heavy atom.